The quantitative estimate of drug-likeness (QED) is 0.729. The predicted molar refractivity (Wildman–Crippen MR) is 45.7 cm³/mol. The minimum Gasteiger partial charge on any atom is -0.366 e. The Labute approximate surface area is 75.8 Å². The normalized spacial score (nSPS) is 12.0. The molecule has 1 rings (SSSR count). The molecule has 1 atom stereocenters. The van der Waals surface area contributed by atoms with Crippen molar-refractivity contribution >= 4 is 5.91 Å². The van der Waals surface area contributed by atoms with Crippen LogP contribution in [0.5, 0.6) is 0 Å². The van der Waals surface area contributed by atoms with Gasteiger partial charge in [-0.05, 0) is 6.92 Å². The summed E-state index contributed by atoms with van der Waals surface area (Å²) in [7, 11) is 0. The van der Waals surface area contributed by atoms with E-state index in [1.807, 2.05) is 13.0 Å². The molecular weight excluding hydrogens is 168 g/mol. The van der Waals surface area contributed by atoms with Crippen LogP contribution < -0.4 is 5.73 Å². The first-order valence-corrected chi connectivity index (χ1v) is 3.86. The van der Waals surface area contributed by atoms with Gasteiger partial charge in [0.15, 0.2) is 0 Å². The average molecular weight is 178 g/mol. The molecule has 0 saturated heterocycles. The van der Waals surface area contributed by atoms with Crippen molar-refractivity contribution in [1.82, 2.24) is 9.78 Å². The van der Waals surface area contributed by atoms with Crippen molar-refractivity contribution in [1.29, 1.82) is 5.26 Å². The second-order valence-corrected chi connectivity index (χ2v) is 2.78. The van der Waals surface area contributed by atoms with Gasteiger partial charge in [0.2, 0.25) is 0 Å². The molecule has 0 aliphatic carbocycles. The third-order valence-corrected chi connectivity index (χ3v) is 1.72. The van der Waals surface area contributed by atoms with E-state index >= 15 is 0 Å². The Kier molecular flexibility index (Phi) is 2.65. The van der Waals surface area contributed by atoms with Crippen molar-refractivity contribution in [3.05, 3.63) is 18.0 Å². The number of nitriles is 1. The molecule has 0 radical (unpaired) electrons. The fourth-order valence-electron chi connectivity index (χ4n) is 0.932. The Balaban J connectivity index is 2.80. The summed E-state index contributed by atoms with van der Waals surface area (Å²) in [5.41, 5.74) is 5.41. The minimum atomic E-state index is -0.504. The summed E-state index contributed by atoms with van der Waals surface area (Å²) in [6.07, 6.45) is 3.31. The van der Waals surface area contributed by atoms with Crippen LogP contribution in [-0.4, -0.2) is 15.7 Å². The standard InChI is InChI=1S/C8H10N4O/c1-6(2-3-9)12-5-7(4-11-12)8(10)13/h4-6H,2H2,1H3,(H2,10,13). The van der Waals surface area contributed by atoms with E-state index in [0.29, 0.717) is 12.0 Å². The Morgan fingerprint density at radius 1 is 1.92 bits per heavy atom. The first kappa shape index (κ1) is 9.26. The zero-order valence-corrected chi connectivity index (χ0v) is 7.27. The van der Waals surface area contributed by atoms with Gasteiger partial charge in [-0.3, -0.25) is 9.48 Å². The van der Waals surface area contributed by atoms with Crippen molar-refractivity contribution in [3.63, 3.8) is 0 Å². The second kappa shape index (κ2) is 3.72. The zero-order chi connectivity index (χ0) is 9.84. The lowest BCUT2D eigenvalue weighted by Gasteiger charge is -2.05. The first-order valence-electron chi connectivity index (χ1n) is 3.86. The number of carbonyl (C=O) groups is 1. The highest BCUT2D eigenvalue weighted by Crippen LogP contribution is 2.09. The van der Waals surface area contributed by atoms with Gasteiger partial charge in [-0.15, -0.1) is 0 Å². The molecule has 0 fully saturated rings. The fraction of sp³-hybridized carbons (Fsp3) is 0.375. The number of amides is 1. The molecule has 0 bridgehead atoms. The molecule has 0 aromatic carbocycles. The van der Waals surface area contributed by atoms with E-state index in [2.05, 4.69) is 5.10 Å². The van der Waals surface area contributed by atoms with E-state index in [0.717, 1.165) is 0 Å². The zero-order valence-electron chi connectivity index (χ0n) is 7.27. The molecule has 5 nitrogen and oxygen atoms in total. The lowest BCUT2D eigenvalue weighted by molar-refractivity contribution is 0.1000. The Morgan fingerprint density at radius 2 is 2.62 bits per heavy atom. The maximum atomic E-state index is 10.7. The molecule has 1 heterocycles. The molecule has 1 unspecified atom stereocenters. The summed E-state index contributed by atoms with van der Waals surface area (Å²) in [6.45, 7) is 1.85. The van der Waals surface area contributed by atoms with Crippen molar-refractivity contribution in [3.8, 4) is 6.07 Å². The fourth-order valence-corrected chi connectivity index (χ4v) is 0.932. The maximum Gasteiger partial charge on any atom is 0.251 e. The minimum absolute atomic E-state index is 0.0295. The Bertz CT molecular complexity index is 349. The van der Waals surface area contributed by atoms with Gasteiger partial charge >= 0.3 is 0 Å². The lowest BCUT2D eigenvalue weighted by atomic mass is 10.2. The highest BCUT2D eigenvalue weighted by molar-refractivity contribution is 5.92. The van der Waals surface area contributed by atoms with Gasteiger partial charge in [0.1, 0.15) is 0 Å². The van der Waals surface area contributed by atoms with E-state index in [-0.39, 0.29) is 6.04 Å². The molecule has 1 aromatic heterocycles. The summed E-state index contributed by atoms with van der Waals surface area (Å²) < 4.78 is 1.56. The number of hydrogen-bond acceptors (Lipinski definition) is 3. The number of hydrogen-bond donors (Lipinski definition) is 1. The van der Waals surface area contributed by atoms with Gasteiger partial charge in [0.25, 0.3) is 5.91 Å². The van der Waals surface area contributed by atoms with Crippen LogP contribution in [0.2, 0.25) is 0 Å². The van der Waals surface area contributed by atoms with E-state index < -0.39 is 5.91 Å². The van der Waals surface area contributed by atoms with Gasteiger partial charge in [0.05, 0.1) is 30.3 Å². The van der Waals surface area contributed by atoms with Crippen LogP contribution >= 0.6 is 0 Å². The van der Waals surface area contributed by atoms with Crippen molar-refractivity contribution < 1.29 is 4.79 Å². The van der Waals surface area contributed by atoms with Gasteiger partial charge in [-0.25, -0.2) is 0 Å². The van der Waals surface area contributed by atoms with Crippen LogP contribution in [-0.2, 0) is 0 Å². The van der Waals surface area contributed by atoms with Crippen LogP contribution in [0.3, 0.4) is 0 Å². The molecule has 0 spiro atoms. The third kappa shape index (κ3) is 2.06. The number of aromatic nitrogens is 2. The molecule has 2 N–H and O–H groups in total. The van der Waals surface area contributed by atoms with Crippen LogP contribution in [0.25, 0.3) is 0 Å². The van der Waals surface area contributed by atoms with E-state index in [1.165, 1.54) is 6.20 Å². The predicted octanol–water partition coefficient (Wildman–Crippen LogP) is 0.457. The van der Waals surface area contributed by atoms with Crippen LogP contribution in [0.15, 0.2) is 12.4 Å². The topological polar surface area (TPSA) is 84.7 Å². The molecule has 13 heavy (non-hydrogen) atoms. The summed E-state index contributed by atoms with van der Waals surface area (Å²) >= 11 is 0. The lowest BCUT2D eigenvalue weighted by Crippen LogP contribution is -2.10. The summed E-state index contributed by atoms with van der Waals surface area (Å²) in [6, 6.07) is 2.00. The largest absolute Gasteiger partial charge is 0.366 e. The highest BCUT2D eigenvalue weighted by atomic mass is 16.1. The molecule has 0 saturated carbocycles. The average Bonchev–Trinajstić information content (AvgIpc) is 2.52. The molecule has 0 aliphatic heterocycles. The summed E-state index contributed by atoms with van der Waals surface area (Å²) in [4.78, 5) is 10.7. The SMILES string of the molecule is CC(CC#N)n1cc(C(N)=O)cn1. The van der Waals surface area contributed by atoms with E-state index in [4.69, 9.17) is 11.0 Å². The smallest absolute Gasteiger partial charge is 0.251 e. The Morgan fingerprint density at radius 3 is 3.08 bits per heavy atom. The summed E-state index contributed by atoms with van der Waals surface area (Å²) in [5.74, 6) is -0.504. The number of carbonyl (C=O) groups excluding carboxylic acids is 1. The second-order valence-electron chi connectivity index (χ2n) is 2.78. The first-order chi connectivity index (χ1) is 6.15. The van der Waals surface area contributed by atoms with E-state index in [1.54, 1.807) is 10.9 Å². The number of rotatable bonds is 3. The molecule has 1 aromatic rings. The van der Waals surface area contributed by atoms with Crippen molar-refractivity contribution in [2.75, 3.05) is 0 Å². The van der Waals surface area contributed by atoms with Gasteiger partial charge in [0, 0.05) is 6.20 Å². The van der Waals surface area contributed by atoms with Crippen LogP contribution in [0.1, 0.15) is 29.7 Å². The third-order valence-electron chi connectivity index (χ3n) is 1.72. The Hall–Kier alpha value is -1.83. The summed E-state index contributed by atoms with van der Waals surface area (Å²) in [5, 5.41) is 12.4. The molecule has 1 amide bonds. The van der Waals surface area contributed by atoms with Gasteiger partial charge < -0.3 is 5.73 Å². The van der Waals surface area contributed by atoms with Crippen LogP contribution in [0.4, 0.5) is 0 Å². The monoisotopic (exact) mass is 178 g/mol. The van der Waals surface area contributed by atoms with Crippen molar-refractivity contribution in [2.24, 2.45) is 5.73 Å². The van der Waals surface area contributed by atoms with Crippen molar-refractivity contribution in [2.45, 2.75) is 19.4 Å². The number of primary amides is 1. The highest BCUT2D eigenvalue weighted by Gasteiger charge is 2.08. The molecule has 68 valence electrons. The molecule has 5 heteroatoms. The number of nitrogens with two attached hydrogens (primary N) is 1. The van der Waals surface area contributed by atoms with Gasteiger partial charge in [-0.2, -0.15) is 10.4 Å². The number of nitrogens with zero attached hydrogens (tertiary/aromatic N) is 3. The maximum absolute atomic E-state index is 10.7. The molecule has 0 aliphatic rings. The van der Waals surface area contributed by atoms with E-state index in [9.17, 15) is 4.79 Å². The molecular formula is C8H10N4O. The van der Waals surface area contributed by atoms with Crippen LogP contribution in [0, 0.1) is 11.3 Å². The van der Waals surface area contributed by atoms with Gasteiger partial charge in [-0.1, -0.05) is 0 Å².